The molecule has 0 bridgehead atoms. The van der Waals surface area contributed by atoms with E-state index < -0.39 is 0 Å². The number of benzene rings is 1. The molecule has 1 fully saturated rings. The highest BCUT2D eigenvalue weighted by molar-refractivity contribution is 6.31. The molecule has 1 saturated heterocycles. The number of nitrogens with one attached hydrogen (secondary N) is 1. The molecule has 1 unspecified atom stereocenters. The van der Waals surface area contributed by atoms with Crippen LogP contribution in [0.5, 0.6) is 0 Å². The van der Waals surface area contributed by atoms with Crippen molar-refractivity contribution in [1.82, 2.24) is 5.32 Å². The van der Waals surface area contributed by atoms with Gasteiger partial charge >= 0.3 is 0 Å². The third kappa shape index (κ3) is 1.92. The molecule has 1 aliphatic heterocycles. The van der Waals surface area contributed by atoms with Crippen molar-refractivity contribution in [3.63, 3.8) is 0 Å². The maximum atomic E-state index is 6.38. The van der Waals surface area contributed by atoms with Crippen molar-refractivity contribution in [1.29, 1.82) is 0 Å². The zero-order valence-corrected chi connectivity index (χ0v) is 10.9. The maximum Gasteiger partial charge on any atom is 0.0477 e. The van der Waals surface area contributed by atoms with Crippen molar-refractivity contribution < 1.29 is 0 Å². The fourth-order valence-electron chi connectivity index (χ4n) is 2.54. The highest BCUT2D eigenvalue weighted by Crippen LogP contribution is 2.40. The van der Waals surface area contributed by atoms with Crippen molar-refractivity contribution >= 4 is 17.3 Å². The zero-order valence-electron chi connectivity index (χ0n) is 10.2. The van der Waals surface area contributed by atoms with E-state index in [2.05, 4.69) is 37.3 Å². The molecule has 0 aromatic heterocycles. The fraction of sp³-hybridized carbons (Fsp3) is 0.538. The monoisotopic (exact) mass is 238 g/mol. The van der Waals surface area contributed by atoms with Crippen LogP contribution < -0.4 is 10.2 Å². The summed E-state index contributed by atoms with van der Waals surface area (Å²) in [6.07, 6.45) is 2.37. The number of rotatable bonds is 2. The summed E-state index contributed by atoms with van der Waals surface area (Å²) in [4.78, 5) is 2.13. The second-order valence-electron chi connectivity index (χ2n) is 4.89. The van der Waals surface area contributed by atoms with E-state index in [-0.39, 0.29) is 5.54 Å². The molecule has 1 atom stereocenters. The van der Waals surface area contributed by atoms with E-state index >= 15 is 0 Å². The van der Waals surface area contributed by atoms with Crippen LogP contribution >= 0.6 is 11.6 Å². The van der Waals surface area contributed by atoms with Crippen LogP contribution in [0.2, 0.25) is 5.02 Å². The Balaban J connectivity index is 2.53. The number of hydrogen-bond donors (Lipinski definition) is 1. The van der Waals surface area contributed by atoms with Gasteiger partial charge in [-0.3, -0.25) is 0 Å². The van der Waals surface area contributed by atoms with Gasteiger partial charge in [-0.05, 0) is 38.4 Å². The van der Waals surface area contributed by atoms with E-state index in [0.29, 0.717) is 0 Å². The molecule has 2 rings (SSSR count). The van der Waals surface area contributed by atoms with Gasteiger partial charge in [0.15, 0.2) is 0 Å². The van der Waals surface area contributed by atoms with Gasteiger partial charge in [0.1, 0.15) is 0 Å². The Morgan fingerprint density at radius 2 is 2.12 bits per heavy atom. The molecule has 0 spiro atoms. The van der Waals surface area contributed by atoms with Gasteiger partial charge in [-0.1, -0.05) is 17.7 Å². The van der Waals surface area contributed by atoms with Crippen LogP contribution in [-0.4, -0.2) is 20.6 Å². The van der Waals surface area contributed by atoms with Gasteiger partial charge in [0.25, 0.3) is 0 Å². The summed E-state index contributed by atoms with van der Waals surface area (Å²) in [5, 5.41) is 4.44. The summed E-state index contributed by atoms with van der Waals surface area (Å²) in [5.41, 5.74) is 2.47. The molecule has 3 heteroatoms. The lowest BCUT2D eigenvalue weighted by Crippen LogP contribution is -2.35. The quantitative estimate of drug-likeness (QED) is 0.852. The van der Waals surface area contributed by atoms with Crippen LogP contribution in [-0.2, 0) is 5.54 Å². The summed E-state index contributed by atoms with van der Waals surface area (Å²) in [5.74, 6) is 0. The Kier molecular flexibility index (Phi) is 3.13. The first kappa shape index (κ1) is 11.7. The van der Waals surface area contributed by atoms with Gasteiger partial charge in [0.2, 0.25) is 0 Å². The first-order valence-electron chi connectivity index (χ1n) is 5.76. The largest absolute Gasteiger partial charge is 0.377 e. The number of halogens is 1. The highest BCUT2D eigenvalue weighted by Gasteiger charge is 2.34. The molecule has 0 radical (unpaired) electrons. The minimum absolute atomic E-state index is 0.0257. The third-order valence-electron chi connectivity index (χ3n) is 3.39. The van der Waals surface area contributed by atoms with Crippen molar-refractivity contribution in [3.05, 3.63) is 28.8 Å². The average Bonchev–Trinajstić information content (AvgIpc) is 2.65. The predicted octanol–water partition coefficient (Wildman–Crippen LogP) is 3.00. The van der Waals surface area contributed by atoms with Crippen LogP contribution in [0, 0.1) is 0 Å². The maximum absolute atomic E-state index is 6.38. The number of anilines is 1. The summed E-state index contributed by atoms with van der Waals surface area (Å²) < 4.78 is 0. The zero-order chi connectivity index (χ0) is 11.8. The molecule has 1 N–H and O–H groups in total. The number of nitrogens with zero attached hydrogens (tertiary/aromatic N) is 1. The summed E-state index contributed by atoms with van der Waals surface area (Å²) in [7, 11) is 4.13. The van der Waals surface area contributed by atoms with Crippen LogP contribution in [0.3, 0.4) is 0 Å². The molecule has 0 saturated carbocycles. The predicted molar refractivity (Wildman–Crippen MR) is 70.4 cm³/mol. The fourth-order valence-corrected chi connectivity index (χ4v) is 2.92. The van der Waals surface area contributed by atoms with Crippen LogP contribution in [0.1, 0.15) is 25.3 Å². The van der Waals surface area contributed by atoms with E-state index in [1.165, 1.54) is 17.7 Å². The number of hydrogen-bond acceptors (Lipinski definition) is 2. The van der Waals surface area contributed by atoms with Crippen molar-refractivity contribution in [3.8, 4) is 0 Å². The van der Waals surface area contributed by atoms with Crippen LogP contribution in [0.15, 0.2) is 18.2 Å². The Bertz CT molecular complexity index is 382. The van der Waals surface area contributed by atoms with Crippen molar-refractivity contribution in [2.24, 2.45) is 0 Å². The third-order valence-corrected chi connectivity index (χ3v) is 3.71. The molecule has 0 amide bonds. The Morgan fingerprint density at radius 3 is 2.69 bits per heavy atom. The molecule has 1 heterocycles. The molecular weight excluding hydrogens is 220 g/mol. The van der Waals surface area contributed by atoms with Gasteiger partial charge in [-0.2, -0.15) is 0 Å². The molecule has 0 aliphatic carbocycles. The minimum Gasteiger partial charge on any atom is -0.377 e. The Morgan fingerprint density at radius 1 is 1.38 bits per heavy atom. The molecule has 16 heavy (non-hydrogen) atoms. The highest BCUT2D eigenvalue weighted by atomic mass is 35.5. The molecule has 1 aliphatic rings. The summed E-state index contributed by atoms with van der Waals surface area (Å²) >= 11 is 6.38. The van der Waals surface area contributed by atoms with Gasteiger partial charge in [0, 0.05) is 35.9 Å². The molecule has 88 valence electrons. The smallest absolute Gasteiger partial charge is 0.0477 e. The van der Waals surface area contributed by atoms with E-state index in [1.807, 2.05) is 12.1 Å². The summed E-state index contributed by atoms with van der Waals surface area (Å²) in [6.45, 7) is 3.32. The van der Waals surface area contributed by atoms with E-state index in [1.54, 1.807) is 0 Å². The van der Waals surface area contributed by atoms with E-state index in [9.17, 15) is 0 Å². The van der Waals surface area contributed by atoms with Crippen molar-refractivity contribution in [2.75, 3.05) is 25.5 Å². The van der Waals surface area contributed by atoms with E-state index in [0.717, 1.165) is 18.0 Å². The van der Waals surface area contributed by atoms with Crippen molar-refractivity contribution in [2.45, 2.75) is 25.3 Å². The van der Waals surface area contributed by atoms with Gasteiger partial charge in [-0.15, -0.1) is 0 Å². The lowest BCUT2D eigenvalue weighted by atomic mass is 9.89. The summed E-state index contributed by atoms with van der Waals surface area (Å²) in [6, 6.07) is 6.13. The second kappa shape index (κ2) is 4.27. The van der Waals surface area contributed by atoms with Gasteiger partial charge < -0.3 is 10.2 Å². The standard InChI is InChI=1S/C13H19ClN2/c1-13(8-5-9-15-13)12-10(14)6-4-7-11(12)16(2)3/h4,6-7,15H,5,8-9H2,1-3H3. The molecule has 2 nitrogen and oxygen atoms in total. The normalized spacial score (nSPS) is 24.8. The van der Waals surface area contributed by atoms with E-state index in [4.69, 9.17) is 11.6 Å². The lowest BCUT2D eigenvalue weighted by Gasteiger charge is -2.31. The van der Waals surface area contributed by atoms with Gasteiger partial charge in [0.05, 0.1) is 0 Å². The first-order chi connectivity index (χ1) is 7.54. The Labute approximate surface area is 103 Å². The Hall–Kier alpha value is -0.730. The van der Waals surface area contributed by atoms with Gasteiger partial charge in [-0.25, -0.2) is 0 Å². The minimum atomic E-state index is 0.0257. The van der Waals surface area contributed by atoms with Crippen LogP contribution in [0.25, 0.3) is 0 Å². The van der Waals surface area contributed by atoms with Crippen LogP contribution in [0.4, 0.5) is 5.69 Å². The lowest BCUT2D eigenvalue weighted by molar-refractivity contribution is 0.435. The SMILES string of the molecule is CN(C)c1cccc(Cl)c1C1(C)CCCN1. The second-order valence-corrected chi connectivity index (χ2v) is 5.30. The first-order valence-corrected chi connectivity index (χ1v) is 6.14. The average molecular weight is 239 g/mol. The topological polar surface area (TPSA) is 15.3 Å². The molecule has 1 aromatic carbocycles. The molecular formula is C13H19ClN2. The molecule has 1 aromatic rings.